The van der Waals surface area contributed by atoms with Crippen LogP contribution >= 0.6 is 0 Å². The molecule has 3 unspecified atom stereocenters. The van der Waals surface area contributed by atoms with E-state index in [1.54, 1.807) is 0 Å². The topological polar surface area (TPSA) is 29.3 Å². The van der Waals surface area contributed by atoms with Crippen LogP contribution < -0.4 is 5.73 Å². The summed E-state index contributed by atoms with van der Waals surface area (Å²) in [6, 6.07) is 1.23. The van der Waals surface area contributed by atoms with Crippen molar-refractivity contribution in [2.75, 3.05) is 13.6 Å². The van der Waals surface area contributed by atoms with Crippen molar-refractivity contribution in [3.8, 4) is 0 Å². The summed E-state index contributed by atoms with van der Waals surface area (Å²) in [4.78, 5) is 2.55. The zero-order valence-corrected chi connectivity index (χ0v) is 11.4. The molecule has 2 nitrogen and oxygen atoms in total. The van der Waals surface area contributed by atoms with E-state index in [1.807, 2.05) is 0 Å². The van der Waals surface area contributed by atoms with Gasteiger partial charge in [0.2, 0.25) is 0 Å². The van der Waals surface area contributed by atoms with Crippen molar-refractivity contribution in [1.29, 1.82) is 0 Å². The Balaban J connectivity index is 2.20. The van der Waals surface area contributed by atoms with Crippen molar-refractivity contribution in [3.05, 3.63) is 0 Å². The summed E-state index contributed by atoms with van der Waals surface area (Å²) >= 11 is 0. The first kappa shape index (κ1) is 14.0. The molecule has 0 radical (unpaired) electrons. The van der Waals surface area contributed by atoms with Gasteiger partial charge in [-0.05, 0) is 45.2 Å². The molecule has 1 fully saturated rings. The van der Waals surface area contributed by atoms with Crippen molar-refractivity contribution in [2.24, 2.45) is 11.7 Å². The van der Waals surface area contributed by atoms with Gasteiger partial charge in [0, 0.05) is 12.1 Å². The van der Waals surface area contributed by atoms with Crippen LogP contribution in [0.3, 0.4) is 0 Å². The predicted molar refractivity (Wildman–Crippen MR) is 71.6 cm³/mol. The van der Waals surface area contributed by atoms with Gasteiger partial charge < -0.3 is 10.6 Å². The van der Waals surface area contributed by atoms with E-state index in [-0.39, 0.29) is 0 Å². The van der Waals surface area contributed by atoms with Crippen molar-refractivity contribution in [1.82, 2.24) is 4.90 Å². The van der Waals surface area contributed by atoms with E-state index in [1.165, 1.54) is 45.1 Å². The lowest BCUT2D eigenvalue weighted by Crippen LogP contribution is -2.38. The van der Waals surface area contributed by atoms with Gasteiger partial charge in [0.25, 0.3) is 0 Å². The average Bonchev–Trinajstić information content (AvgIpc) is 2.26. The molecule has 2 heteroatoms. The van der Waals surface area contributed by atoms with Crippen molar-refractivity contribution in [3.63, 3.8) is 0 Å². The Kier molecular flexibility index (Phi) is 6.37. The Hall–Kier alpha value is -0.0800. The molecule has 16 heavy (non-hydrogen) atoms. The van der Waals surface area contributed by atoms with Crippen LogP contribution in [0.15, 0.2) is 0 Å². The average molecular weight is 226 g/mol. The molecule has 3 atom stereocenters. The third-order valence-electron chi connectivity index (χ3n) is 4.04. The minimum atomic E-state index is 0.411. The zero-order chi connectivity index (χ0) is 12.0. The minimum Gasteiger partial charge on any atom is -0.328 e. The summed E-state index contributed by atoms with van der Waals surface area (Å²) in [5.41, 5.74) is 6.06. The Labute approximate surface area is 102 Å². The van der Waals surface area contributed by atoms with Crippen LogP contribution in [0, 0.1) is 5.92 Å². The molecule has 0 aliphatic heterocycles. The number of hydrogen-bond donors (Lipinski definition) is 1. The van der Waals surface area contributed by atoms with Crippen molar-refractivity contribution >= 4 is 0 Å². The molecule has 0 aromatic rings. The zero-order valence-electron chi connectivity index (χ0n) is 11.4. The van der Waals surface area contributed by atoms with Crippen LogP contribution in [0.5, 0.6) is 0 Å². The molecule has 0 aromatic heterocycles. The van der Waals surface area contributed by atoms with E-state index in [0.717, 1.165) is 18.4 Å². The first-order valence-electron chi connectivity index (χ1n) is 7.09. The molecular weight excluding hydrogens is 196 g/mol. The molecule has 1 saturated carbocycles. The van der Waals surface area contributed by atoms with E-state index in [4.69, 9.17) is 5.73 Å². The standard InChI is InChI=1S/C14H30N2/c1-4-6-13(15)9-10-16(3)14-8-5-7-12(2)11-14/h12-14H,4-11,15H2,1-3H3. The number of nitrogens with zero attached hydrogens (tertiary/aromatic N) is 1. The highest BCUT2D eigenvalue weighted by Crippen LogP contribution is 2.26. The molecule has 1 aliphatic rings. The van der Waals surface area contributed by atoms with Crippen LogP contribution in [-0.2, 0) is 0 Å². The predicted octanol–water partition coefficient (Wildman–Crippen LogP) is 3.01. The first-order chi connectivity index (χ1) is 7.63. The number of rotatable bonds is 6. The SMILES string of the molecule is CCCC(N)CCN(C)C1CCCC(C)C1. The second-order valence-electron chi connectivity index (χ2n) is 5.74. The highest BCUT2D eigenvalue weighted by Gasteiger charge is 2.22. The summed E-state index contributed by atoms with van der Waals surface area (Å²) < 4.78 is 0. The van der Waals surface area contributed by atoms with Crippen molar-refractivity contribution < 1.29 is 0 Å². The van der Waals surface area contributed by atoms with Crippen LogP contribution in [0.2, 0.25) is 0 Å². The van der Waals surface area contributed by atoms with Crippen LogP contribution in [0.4, 0.5) is 0 Å². The molecule has 1 rings (SSSR count). The van der Waals surface area contributed by atoms with Gasteiger partial charge in [0.05, 0.1) is 0 Å². The van der Waals surface area contributed by atoms with Crippen LogP contribution in [0.25, 0.3) is 0 Å². The first-order valence-corrected chi connectivity index (χ1v) is 7.09. The number of nitrogens with two attached hydrogens (primary N) is 1. The minimum absolute atomic E-state index is 0.411. The van der Waals surface area contributed by atoms with Gasteiger partial charge in [-0.25, -0.2) is 0 Å². The lowest BCUT2D eigenvalue weighted by molar-refractivity contribution is 0.159. The quantitative estimate of drug-likeness (QED) is 0.754. The molecule has 0 aromatic carbocycles. The molecule has 0 spiro atoms. The Morgan fingerprint density at radius 2 is 2.06 bits per heavy atom. The van der Waals surface area contributed by atoms with Gasteiger partial charge in [0.1, 0.15) is 0 Å². The Bertz CT molecular complexity index is 182. The summed E-state index contributed by atoms with van der Waals surface area (Å²) in [5, 5.41) is 0. The maximum Gasteiger partial charge on any atom is 0.00947 e. The highest BCUT2D eigenvalue weighted by molar-refractivity contribution is 4.77. The highest BCUT2D eigenvalue weighted by atomic mass is 15.1. The molecule has 0 amide bonds. The fraction of sp³-hybridized carbons (Fsp3) is 1.00. The van der Waals surface area contributed by atoms with Crippen LogP contribution in [-0.4, -0.2) is 30.6 Å². The lowest BCUT2D eigenvalue weighted by atomic mass is 9.86. The fourth-order valence-corrected chi connectivity index (χ4v) is 2.87. The van der Waals surface area contributed by atoms with Crippen molar-refractivity contribution in [2.45, 2.75) is 70.9 Å². The van der Waals surface area contributed by atoms with E-state index >= 15 is 0 Å². The molecule has 2 N–H and O–H groups in total. The second kappa shape index (κ2) is 7.29. The van der Waals surface area contributed by atoms with Gasteiger partial charge in [-0.3, -0.25) is 0 Å². The Morgan fingerprint density at radius 3 is 2.69 bits per heavy atom. The van der Waals surface area contributed by atoms with Crippen LogP contribution in [0.1, 0.15) is 58.8 Å². The second-order valence-corrected chi connectivity index (χ2v) is 5.74. The molecule has 96 valence electrons. The van der Waals surface area contributed by atoms with Gasteiger partial charge >= 0.3 is 0 Å². The van der Waals surface area contributed by atoms with E-state index < -0.39 is 0 Å². The van der Waals surface area contributed by atoms with Gasteiger partial charge in [-0.2, -0.15) is 0 Å². The summed E-state index contributed by atoms with van der Waals surface area (Å²) in [6.07, 6.45) is 9.18. The monoisotopic (exact) mass is 226 g/mol. The maximum atomic E-state index is 6.06. The molecule has 0 bridgehead atoms. The summed E-state index contributed by atoms with van der Waals surface area (Å²) in [7, 11) is 2.28. The van der Waals surface area contributed by atoms with Gasteiger partial charge in [-0.1, -0.05) is 33.1 Å². The largest absolute Gasteiger partial charge is 0.328 e. The lowest BCUT2D eigenvalue weighted by Gasteiger charge is -2.34. The molecular formula is C14H30N2. The summed E-state index contributed by atoms with van der Waals surface area (Å²) in [6.45, 7) is 5.79. The van der Waals surface area contributed by atoms with Gasteiger partial charge in [0.15, 0.2) is 0 Å². The smallest absolute Gasteiger partial charge is 0.00947 e. The molecule has 1 aliphatic carbocycles. The Morgan fingerprint density at radius 1 is 1.31 bits per heavy atom. The molecule has 0 saturated heterocycles. The van der Waals surface area contributed by atoms with Gasteiger partial charge in [-0.15, -0.1) is 0 Å². The van der Waals surface area contributed by atoms with E-state index in [9.17, 15) is 0 Å². The summed E-state index contributed by atoms with van der Waals surface area (Å²) in [5.74, 6) is 0.922. The number of hydrogen-bond acceptors (Lipinski definition) is 2. The maximum absolute atomic E-state index is 6.06. The third kappa shape index (κ3) is 4.84. The van der Waals surface area contributed by atoms with E-state index in [0.29, 0.717) is 6.04 Å². The fourth-order valence-electron chi connectivity index (χ4n) is 2.87. The third-order valence-corrected chi connectivity index (χ3v) is 4.04. The normalized spacial score (nSPS) is 28.3. The van der Waals surface area contributed by atoms with E-state index in [2.05, 4.69) is 25.8 Å². The molecule has 0 heterocycles.